The molecule has 1 aliphatic carbocycles. The van der Waals surface area contributed by atoms with Crippen LogP contribution in [0.5, 0.6) is 17.2 Å². The van der Waals surface area contributed by atoms with Gasteiger partial charge in [-0.15, -0.1) is 0 Å². The van der Waals surface area contributed by atoms with E-state index in [0.717, 1.165) is 24.1 Å². The summed E-state index contributed by atoms with van der Waals surface area (Å²) >= 11 is 0. The largest absolute Gasteiger partial charge is 0.493 e. The van der Waals surface area contributed by atoms with E-state index in [1.807, 2.05) is 0 Å². The van der Waals surface area contributed by atoms with Crippen LogP contribution in [0.4, 0.5) is 0 Å². The summed E-state index contributed by atoms with van der Waals surface area (Å²) in [6.07, 6.45) is 8.21. The van der Waals surface area contributed by atoms with Gasteiger partial charge in [-0.3, -0.25) is 0 Å². The quantitative estimate of drug-likeness (QED) is 0.820. The van der Waals surface area contributed by atoms with E-state index in [4.69, 9.17) is 14.2 Å². The SMILES string of the molecule is COc1cc(C[NH2+]C2CCCCCC2)cc(OC)c1OC. The van der Waals surface area contributed by atoms with Crippen molar-refractivity contribution in [1.29, 1.82) is 0 Å². The Labute approximate surface area is 127 Å². The minimum absolute atomic E-state index is 0.665. The highest BCUT2D eigenvalue weighted by atomic mass is 16.5. The monoisotopic (exact) mass is 294 g/mol. The Morgan fingerprint density at radius 2 is 1.48 bits per heavy atom. The van der Waals surface area contributed by atoms with E-state index in [1.165, 1.54) is 44.1 Å². The molecule has 0 spiro atoms. The van der Waals surface area contributed by atoms with Gasteiger partial charge in [0.05, 0.1) is 27.4 Å². The highest BCUT2D eigenvalue weighted by molar-refractivity contribution is 5.53. The lowest BCUT2D eigenvalue weighted by Gasteiger charge is -2.16. The Bertz CT molecular complexity index is 415. The van der Waals surface area contributed by atoms with Gasteiger partial charge < -0.3 is 19.5 Å². The van der Waals surface area contributed by atoms with Crippen LogP contribution in [-0.4, -0.2) is 27.4 Å². The second kappa shape index (κ2) is 8.13. The molecule has 2 N–H and O–H groups in total. The summed E-state index contributed by atoms with van der Waals surface area (Å²) in [5.41, 5.74) is 1.22. The molecule has 118 valence electrons. The number of rotatable bonds is 6. The first-order chi connectivity index (χ1) is 10.3. The maximum atomic E-state index is 5.41. The van der Waals surface area contributed by atoms with Crippen LogP contribution in [0.3, 0.4) is 0 Å². The molecule has 0 bridgehead atoms. The lowest BCUT2D eigenvalue weighted by molar-refractivity contribution is -0.705. The van der Waals surface area contributed by atoms with E-state index in [0.29, 0.717) is 5.75 Å². The van der Waals surface area contributed by atoms with E-state index in [2.05, 4.69) is 17.4 Å². The molecule has 0 radical (unpaired) electrons. The molecule has 0 amide bonds. The minimum atomic E-state index is 0.665. The predicted molar refractivity (Wildman–Crippen MR) is 83.2 cm³/mol. The molecule has 4 nitrogen and oxygen atoms in total. The lowest BCUT2D eigenvalue weighted by Crippen LogP contribution is -2.88. The third kappa shape index (κ3) is 4.27. The zero-order valence-electron chi connectivity index (χ0n) is 13.5. The molecule has 1 saturated carbocycles. The molecule has 1 aromatic rings. The summed E-state index contributed by atoms with van der Waals surface area (Å²) < 4.78 is 16.2. The molecule has 0 atom stereocenters. The molecule has 0 aliphatic heterocycles. The number of nitrogens with two attached hydrogens (primary N) is 1. The average Bonchev–Trinajstić information content (AvgIpc) is 2.80. The van der Waals surface area contributed by atoms with Gasteiger partial charge in [0.25, 0.3) is 0 Å². The molecule has 1 aliphatic rings. The molecule has 0 heterocycles. The van der Waals surface area contributed by atoms with Crippen molar-refractivity contribution in [2.75, 3.05) is 21.3 Å². The molecular weight excluding hydrogens is 266 g/mol. The van der Waals surface area contributed by atoms with E-state index in [-0.39, 0.29) is 0 Å². The second-order valence-electron chi connectivity index (χ2n) is 5.73. The zero-order chi connectivity index (χ0) is 15.1. The summed E-state index contributed by atoms with van der Waals surface area (Å²) in [5, 5.41) is 2.46. The standard InChI is InChI=1S/C17H27NO3/c1-19-15-10-13(11-16(20-2)17(15)21-3)12-18-14-8-6-4-5-7-9-14/h10-11,14,18H,4-9,12H2,1-3H3/p+1. The molecule has 0 saturated heterocycles. The molecule has 2 rings (SSSR count). The van der Waals surface area contributed by atoms with E-state index in [1.54, 1.807) is 21.3 Å². The number of ether oxygens (including phenoxy) is 3. The van der Waals surface area contributed by atoms with Crippen LogP contribution in [0.25, 0.3) is 0 Å². The van der Waals surface area contributed by atoms with Crippen LogP contribution < -0.4 is 19.5 Å². The van der Waals surface area contributed by atoms with E-state index >= 15 is 0 Å². The van der Waals surface area contributed by atoms with Crippen molar-refractivity contribution in [2.45, 2.75) is 51.1 Å². The van der Waals surface area contributed by atoms with E-state index in [9.17, 15) is 0 Å². The maximum absolute atomic E-state index is 5.41. The molecule has 4 heteroatoms. The summed E-state index contributed by atoms with van der Waals surface area (Å²) in [6.45, 7) is 0.960. The highest BCUT2D eigenvalue weighted by Crippen LogP contribution is 2.37. The van der Waals surface area contributed by atoms with Gasteiger partial charge in [-0.05, 0) is 37.8 Å². The second-order valence-corrected chi connectivity index (χ2v) is 5.73. The van der Waals surface area contributed by atoms with Crippen LogP contribution in [0.2, 0.25) is 0 Å². The van der Waals surface area contributed by atoms with Gasteiger partial charge in [0.2, 0.25) is 5.75 Å². The van der Waals surface area contributed by atoms with Crippen molar-refractivity contribution in [1.82, 2.24) is 0 Å². The van der Waals surface area contributed by atoms with Crippen LogP contribution in [0, 0.1) is 0 Å². The molecule has 1 aromatic carbocycles. The van der Waals surface area contributed by atoms with Gasteiger partial charge in [-0.2, -0.15) is 0 Å². The molecule has 1 fully saturated rings. The smallest absolute Gasteiger partial charge is 0.203 e. The number of hydrogen-bond donors (Lipinski definition) is 1. The van der Waals surface area contributed by atoms with Crippen molar-refractivity contribution in [2.24, 2.45) is 0 Å². The summed E-state index contributed by atoms with van der Waals surface area (Å²) in [6, 6.07) is 4.86. The Kier molecular flexibility index (Phi) is 6.18. The van der Waals surface area contributed by atoms with Gasteiger partial charge >= 0.3 is 0 Å². The van der Waals surface area contributed by atoms with Crippen molar-refractivity contribution in [3.63, 3.8) is 0 Å². The fraction of sp³-hybridized carbons (Fsp3) is 0.647. The molecule has 21 heavy (non-hydrogen) atoms. The van der Waals surface area contributed by atoms with Gasteiger partial charge in [0.1, 0.15) is 6.54 Å². The first kappa shape index (κ1) is 16.0. The predicted octanol–water partition coefficient (Wildman–Crippen LogP) is 2.50. The summed E-state index contributed by atoms with van der Waals surface area (Å²) in [7, 11) is 4.96. The zero-order valence-corrected chi connectivity index (χ0v) is 13.5. The highest BCUT2D eigenvalue weighted by Gasteiger charge is 2.17. The molecular formula is C17H28NO3+. The average molecular weight is 294 g/mol. The van der Waals surface area contributed by atoms with Crippen molar-refractivity contribution < 1.29 is 19.5 Å². The normalized spacial score (nSPS) is 16.3. The summed E-state index contributed by atoms with van der Waals surface area (Å²) in [5.74, 6) is 2.14. The van der Waals surface area contributed by atoms with Gasteiger partial charge in [-0.1, -0.05) is 12.8 Å². The Hall–Kier alpha value is -1.42. The van der Waals surface area contributed by atoms with Crippen LogP contribution >= 0.6 is 0 Å². The number of quaternary nitrogens is 1. The third-order valence-electron chi connectivity index (χ3n) is 4.31. The Morgan fingerprint density at radius 1 is 0.905 bits per heavy atom. The number of benzene rings is 1. The topological polar surface area (TPSA) is 44.3 Å². The fourth-order valence-electron chi connectivity index (χ4n) is 3.10. The fourth-order valence-corrected chi connectivity index (χ4v) is 3.10. The van der Waals surface area contributed by atoms with Crippen LogP contribution in [0.15, 0.2) is 12.1 Å². The first-order valence-electron chi connectivity index (χ1n) is 7.90. The Morgan fingerprint density at radius 3 is 1.95 bits per heavy atom. The first-order valence-corrected chi connectivity index (χ1v) is 7.90. The van der Waals surface area contributed by atoms with Crippen molar-refractivity contribution in [3.05, 3.63) is 17.7 Å². The molecule has 0 aromatic heterocycles. The lowest BCUT2D eigenvalue weighted by atomic mass is 10.1. The molecule has 0 unspecified atom stereocenters. The summed E-state index contributed by atoms with van der Waals surface area (Å²) in [4.78, 5) is 0. The van der Waals surface area contributed by atoms with Gasteiger partial charge in [-0.25, -0.2) is 0 Å². The van der Waals surface area contributed by atoms with Crippen LogP contribution in [-0.2, 0) is 6.54 Å². The minimum Gasteiger partial charge on any atom is -0.493 e. The van der Waals surface area contributed by atoms with Gasteiger partial charge in [0, 0.05) is 5.56 Å². The van der Waals surface area contributed by atoms with Crippen LogP contribution in [0.1, 0.15) is 44.1 Å². The number of hydrogen-bond acceptors (Lipinski definition) is 3. The Balaban J connectivity index is 2.05. The van der Waals surface area contributed by atoms with Gasteiger partial charge in [0.15, 0.2) is 11.5 Å². The van der Waals surface area contributed by atoms with Crippen molar-refractivity contribution in [3.8, 4) is 17.2 Å². The third-order valence-corrected chi connectivity index (χ3v) is 4.31. The van der Waals surface area contributed by atoms with Crippen molar-refractivity contribution >= 4 is 0 Å². The van der Waals surface area contributed by atoms with E-state index < -0.39 is 0 Å². The number of methoxy groups -OCH3 is 3. The maximum Gasteiger partial charge on any atom is 0.203 e.